The van der Waals surface area contributed by atoms with Crippen molar-refractivity contribution in [3.63, 3.8) is 0 Å². The second-order valence-electron chi connectivity index (χ2n) is 4.44. The fourth-order valence-electron chi connectivity index (χ4n) is 1.79. The predicted molar refractivity (Wildman–Crippen MR) is 81.5 cm³/mol. The first-order valence-electron chi connectivity index (χ1n) is 6.56. The van der Waals surface area contributed by atoms with Gasteiger partial charge in [0.25, 0.3) is 0 Å². The summed E-state index contributed by atoms with van der Waals surface area (Å²) in [6.45, 7) is 0.137. The van der Waals surface area contributed by atoms with Gasteiger partial charge in [0.05, 0.1) is 14.2 Å². The Bertz CT molecular complexity index is 639. The summed E-state index contributed by atoms with van der Waals surface area (Å²) < 4.78 is 15.1. The summed E-state index contributed by atoms with van der Waals surface area (Å²) >= 11 is 0. The van der Waals surface area contributed by atoms with Crippen molar-refractivity contribution < 1.29 is 24.1 Å². The molecule has 6 nitrogen and oxygen atoms in total. The van der Waals surface area contributed by atoms with Crippen LogP contribution in [0.3, 0.4) is 0 Å². The average Bonchev–Trinajstić information content (AvgIpc) is 2.53. The van der Waals surface area contributed by atoms with E-state index in [-0.39, 0.29) is 12.4 Å². The number of carbonyl (C=O) groups excluding carboxylic acids is 1. The van der Waals surface area contributed by atoms with Crippen molar-refractivity contribution in [1.29, 1.82) is 0 Å². The third-order valence-electron chi connectivity index (χ3n) is 2.95. The number of phenolic OH excluding ortho intramolecular Hbond substituents is 1. The Morgan fingerprint density at radius 1 is 1.09 bits per heavy atom. The summed E-state index contributed by atoms with van der Waals surface area (Å²) in [6.07, 6.45) is -0.611. The van der Waals surface area contributed by atoms with E-state index in [1.54, 1.807) is 31.4 Å². The average molecular weight is 303 g/mol. The molecule has 1 amide bonds. The number of benzene rings is 2. The first kappa shape index (κ1) is 15.5. The molecule has 2 rings (SSSR count). The minimum absolute atomic E-state index is 0.0598. The quantitative estimate of drug-likeness (QED) is 0.887. The third kappa shape index (κ3) is 4.05. The molecule has 0 saturated carbocycles. The van der Waals surface area contributed by atoms with Crippen molar-refractivity contribution in [3.05, 3.63) is 48.0 Å². The number of rotatable bonds is 5. The van der Waals surface area contributed by atoms with Crippen LogP contribution in [0.15, 0.2) is 42.5 Å². The van der Waals surface area contributed by atoms with Gasteiger partial charge in [-0.2, -0.15) is 0 Å². The Labute approximate surface area is 128 Å². The van der Waals surface area contributed by atoms with Gasteiger partial charge >= 0.3 is 6.09 Å². The van der Waals surface area contributed by atoms with Gasteiger partial charge < -0.3 is 19.3 Å². The fourth-order valence-corrected chi connectivity index (χ4v) is 1.79. The van der Waals surface area contributed by atoms with Gasteiger partial charge in [-0.05, 0) is 29.8 Å². The summed E-state index contributed by atoms with van der Waals surface area (Å²) in [7, 11) is 3.04. The molecule has 0 unspecified atom stereocenters. The van der Waals surface area contributed by atoms with Crippen LogP contribution in [0.25, 0.3) is 0 Å². The molecule has 0 radical (unpaired) electrons. The number of anilines is 1. The van der Waals surface area contributed by atoms with Gasteiger partial charge in [-0.25, -0.2) is 4.79 Å². The molecule has 0 atom stereocenters. The number of hydrogen-bond acceptors (Lipinski definition) is 5. The highest BCUT2D eigenvalue weighted by molar-refractivity contribution is 5.85. The Hall–Kier alpha value is -2.89. The highest BCUT2D eigenvalue weighted by Gasteiger charge is 2.07. The van der Waals surface area contributed by atoms with E-state index >= 15 is 0 Å². The molecule has 2 N–H and O–H groups in total. The lowest BCUT2D eigenvalue weighted by molar-refractivity contribution is 0.155. The largest absolute Gasteiger partial charge is 0.504 e. The van der Waals surface area contributed by atoms with Crippen LogP contribution in [0.5, 0.6) is 17.2 Å². The van der Waals surface area contributed by atoms with Crippen molar-refractivity contribution in [1.82, 2.24) is 0 Å². The zero-order chi connectivity index (χ0) is 15.9. The van der Waals surface area contributed by atoms with Gasteiger partial charge in [-0.3, -0.25) is 5.32 Å². The van der Waals surface area contributed by atoms with E-state index in [1.807, 2.05) is 12.1 Å². The van der Waals surface area contributed by atoms with Crippen LogP contribution in [-0.2, 0) is 11.3 Å². The van der Waals surface area contributed by atoms with E-state index in [1.165, 1.54) is 13.2 Å². The first-order chi connectivity index (χ1) is 10.6. The number of amides is 1. The number of ether oxygens (including phenoxy) is 3. The van der Waals surface area contributed by atoms with Gasteiger partial charge in [-0.1, -0.05) is 12.1 Å². The first-order valence-corrected chi connectivity index (χ1v) is 6.56. The number of aromatic hydroxyl groups is 1. The normalized spacial score (nSPS) is 9.91. The van der Waals surface area contributed by atoms with Crippen molar-refractivity contribution >= 4 is 11.8 Å². The molecule has 2 aromatic rings. The SMILES string of the molecule is COc1ccc(COC(=O)Nc2ccc(OC)c(O)c2)cc1. The lowest BCUT2D eigenvalue weighted by Crippen LogP contribution is -2.13. The van der Waals surface area contributed by atoms with Gasteiger partial charge in [0.1, 0.15) is 12.4 Å². The number of carbonyl (C=O) groups is 1. The van der Waals surface area contributed by atoms with Gasteiger partial charge in [0.2, 0.25) is 0 Å². The summed E-state index contributed by atoms with van der Waals surface area (Å²) in [5, 5.41) is 12.2. The summed E-state index contributed by atoms with van der Waals surface area (Å²) in [5.74, 6) is 1.01. The maximum atomic E-state index is 11.7. The molecular weight excluding hydrogens is 286 g/mol. The maximum Gasteiger partial charge on any atom is 0.411 e. The van der Waals surface area contributed by atoms with Gasteiger partial charge in [-0.15, -0.1) is 0 Å². The van der Waals surface area contributed by atoms with Crippen LogP contribution in [0.1, 0.15) is 5.56 Å². The number of methoxy groups -OCH3 is 2. The van der Waals surface area contributed by atoms with Crippen molar-refractivity contribution in [2.45, 2.75) is 6.61 Å². The third-order valence-corrected chi connectivity index (χ3v) is 2.95. The highest BCUT2D eigenvalue weighted by Crippen LogP contribution is 2.28. The van der Waals surface area contributed by atoms with Crippen LogP contribution < -0.4 is 14.8 Å². The second kappa shape index (κ2) is 7.21. The van der Waals surface area contributed by atoms with Crippen molar-refractivity contribution in [3.8, 4) is 17.2 Å². The zero-order valence-electron chi connectivity index (χ0n) is 12.3. The molecule has 0 heterocycles. The van der Waals surface area contributed by atoms with Gasteiger partial charge in [0, 0.05) is 11.8 Å². The Balaban J connectivity index is 1.88. The molecule has 22 heavy (non-hydrogen) atoms. The predicted octanol–water partition coefficient (Wildman–Crippen LogP) is 3.16. The van der Waals surface area contributed by atoms with E-state index in [0.29, 0.717) is 11.4 Å². The van der Waals surface area contributed by atoms with Crippen LogP contribution in [0.2, 0.25) is 0 Å². The number of hydrogen-bond donors (Lipinski definition) is 2. The van der Waals surface area contributed by atoms with Crippen molar-refractivity contribution in [2.75, 3.05) is 19.5 Å². The minimum Gasteiger partial charge on any atom is -0.504 e. The van der Waals surface area contributed by atoms with E-state index in [9.17, 15) is 9.90 Å². The standard InChI is InChI=1S/C16H17NO5/c1-20-13-6-3-11(4-7-13)10-22-16(19)17-12-5-8-15(21-2)14(18)9-12/h3-9,18H,10H2,1-2H3,(H,17,19). The molecule has 0 aliphatic rings. The van der Waals surface area contributed by atoms with Crippen LogP contribution >= 0.6 is 0 Å². The monoisotopic (exact) mass is 303 g/mol. The second-order valence-corrected chi connectivity index (χ2v) is 4.44. The molecule has 0 saturated heterocycles. The minimum atomic E-state index is -0.611. The smallest absolute Gasteiger partial charge is 0.411 e. The lowest BCUT2D eigenvalue weighted by atomic mass is 10.2. The maximum absolute atomic E-state index is 11.7. The highest BCUT2D eigenvalue weighted by atomic mass is 16.5. The van der Waals surface area contributed by atoms with Crippen LogP contribution in [0, 0.1) is 0 Å². The molecule has 0 spiro atoms. The summed E-state index contributed by atoms with van der Waals surface area (Å²) in [4.78, 5) is 11.7. The molecule has 6 heteroatoms. The van der Waals surface area contributed by atoms with E-state index in [0.717, 1.165) is 11.3 Å². The van der Waals surface area contributed by atoms with Gasteiger partial charge in [0.15, 0.2) is 11.5 Å². The molecule has 0 aromatic heterocycles. The zero-order valence-corrected chi connectivity index (χ0v) is 12.3. The fraction of sp³-hybridized carbons (Fsp3) is 0.188. The summed E-state index contributed by atoms with van der Waals surface area (Å²) in [5.41, 5.74) is 1.26. The van der Waals surface area contributed by atoms with E-state index in [4.69, 9.17) is 14.2 Å². The van der Waals surface area contributed by atoms with Crippen LogP contribution in [-0.4, -0.2) is 25.4 Å². The van der Waals surface area contributed by atoms with Crippen LogP contribution in [0.4, 0.5) is 10.5 Å². The number of nitrogens with one attached hydrogen (secondary N) is 1. The van der Waals surface area contributed by atoms with E-state index in [2.05, 4.69) is 5.32 Å². The topological polar surface area (TPSA) is 77.0 Å². The Morgan fingerprint density at radius 3 is 2.41 bits per heavy atom. The molecule has 0 bridgehead atoms. The molecule has 0 aliphatic carbocycles. The summed E-state index contributed by atoms with van der Waals surface area (Å²) in [6, 6.07) is 11.7. The molecule has 116 valence electrons. The molecule has 0 aliphatic heterocycles. The lowest BCUT2D eigenvalue weighted by Gasteiger charge is -2.09. The Morgan fingerprint density at radius 2 is 1.82 bits per heavy atom. The molecular formula is C16H17NO5. The molecule has 2 aromatic carbocycles. The Kier molecular flexibility index (Phi) is 5.08. The van der Waals surface area contributed by atoms with Crippen molar-refractivity contribution in [2.24, 2.45) is 0 Å². The molecule has 0 fully saturated rings. The van der Waals surface area contributed by atoms with E-state index < -0.39 is 6.09 Å². The number of phenols is 1.